The third-order valence-corrected chi connectivity index (χ3v) is 3.87. The molecule has 0 fully saturated rings. The fraction of sp³-hybridized carbons (Fsp3) is 0.600. The van der Waals surface area contributed by atoms with Gasteiger partial charge in [0.25, 0.3) is 0 Å². The standard InChI is InChI=1S/C15H22F3N/c1-4-14(5-2,11-19-6-3)12-8-7-9-13(10-12)15(16,17)18/h7-10,19H,4-6,11H2,1-3H3. The minimum absolute atomic E-state index is 0.225. The van der Waals surface area contributed by atoms with E-state index in [1.807, 2.05) is 20.8 Å². The second-order valence-electron chi connectivity index (χ2n) is 4.85. The number of nitrogens with one attached hydrogen (secondary N) is 1. The molecule has 0 saturated heterocycles. The maximum atomic E-state index is 12.8. The molecule has 0 heterocycles. The van der Waals surface area contributed by atoms with Crippen molar-refractivity contribution in [2.24, 2.45) is 0 Å². The highest BCUT2D eigenvalue weighted by Gasteiger charge is 2.34. The van der Waals surface area contributed by atoms with Crippen molar-refractivity contribution in [2.75, 3.05) is 13.1 Å². The summed E-state index contributed by atoms with van der Waals surface area (Å²) in [5.41, 5.74) is -0.0156. The molecule has 108 valence electrons. The van der Waals surface area contributed by atoms with Crippen molar-refractivity contribution < 1.29 is 13.2 Å². The van der Waals surface area contributed by atoms with Gasteiger partial charge in [0.15, 0.2) is 0 Å². The molecule has 0 bridgehead atoms. The zero-order valence-electron chi connectivity index (χ0n) is 11.8. The number of rotatable bonds is 6. The summed E-state index contributed by atoms with van der Waals surface area (Å²) in [5.74, 6) is 0. The molecule has 4 heteroatoms. The number of hydrogen-bond acceptors (Lipinski definition) is 1. The first-order valence-corrected chi connectivity index (χ1v) is 6.78. The summed E-state index contributed by atoms with van der Waals surface area (Å²) >= 11 is 0. The van der Waals surface area contributed by atoms with Gasteiger partial charge in [0.2, 0.25) is 0 Å². The van der Waals surface area contributed by atoms with Crippen LogP contribution in [0, 0.1) is 0 Å². The molecule has 0 radical (unpaired) electrons. The van der Waals surface area contributed by atoms with Crippen LogP contribution in [0.5, 0.6) is 0 Å². The third kappa shape index (κ3) is 3.72. The van der Waals surface area contributed by atoms with Crippen LogP contribution in [0.15, 0.2) is 24.3 Å². The molecule has 0 unspecified atom stereocenters. The third-order valence-electron chi connectivity index (χ3n) is 3.87. The van der Waals surface area contributed by atoms with Crippen LogP contribution in [0.4, 0.5) is 13.2 Å². The number of hydrogen-bond donors (Lipinski definition) is 1. The van der Waals surface area contributed by atoms with Crippen molar-refractivity contribution in [3.05, 3.63) is 35.4 Å². The number of benzene rings is 1. The van der Waals surface area contributed by atoms with E-state index in [2.05, 4.69) is 5.32 Å². The zero-order chi connectivity index (χ0) is 14.5. The Labute approximate surface area is 113 Å². The Kier molecular flexibility index (Phi) is 5.41. The summed E-state index contributed by atoms with van der Waals surface area (Å²) in [4.78, 5) is 0. The van der Waals surface area contributed by atoms with Gasteiger partial charge in [-0.2, -0.15) is 13.2 Å². The minimum Gasteiger partial charge on any atom is -0.316 e. The van der Waals surface area contributed by atoms with Crippen LogP contribution < -0.4 is 5.32 Å². The topological polar surface area (TPSA) is 12.0 Å². The van der Waals surface area contributed by atoms with Crippen molar-refractivity contribution in [1.29, 1.82) is 0 Å². The second kappa shape index (κ2) is 6.42. The number of likely N-dealkylation sites (N-methyl/N-ethyl adjacent to an activating group) is 1. The van der Waals surface area contributed by atoms with Crippen molar-refractivity contribution in [1.82, 2.24) is 5.32 Å². The van der Waals surface area contributed by atoms with Crippen LogP contribution in [0.3, 0.4) is 0 Å². The van der Waals surface area contributed by atoms with Crippen LogP contribution >= 0.6 is 0 Å². The summed E-state index contributed by atoms with van der Waals surface area (Å²) in [6, 6.07) is 5.74. The lowest BCUT2D eigenvalue weighted by Crippen LogP contribution is -2.37. The Morgan fingerprint density at radius 2 is 1.58 bits per heavy atom. The molecule has 1 aromatic carbocycles. The zero-order valence-corrected chi connectivity index (χ0v) is 11.8. The van der Waals surface area contributed by atoms with Crippen LogP contribution in [-0.4, -0.2) is 13.1 Å². The van der Waals surface area contributed by atoms with Crippen molar-refractivity contribution in [3.8, 4) is 0 Å². The molecule has 0 aliphatic heterocycles. The molecule has 1 rings (SSSR count). The highest BCUT2D eigenvalue weighted by molar-refractivity contribution is 5.32. The Morgan fingerprint density at radius 3 is 2.05 bits per heavy atom. The van der Waals surface area contributed by atoms with E-state index in [0.717, 1.165) is 31.0 Å². The van der Waals surface area contributed by atoms with Gasteiger partial charge < -0.3 is 5.32 Å². The summed E-state index contributed by atoms with van der Waals surface area (Å²) in [6.07, 6.45) is -2.64. The van der Waals surface area contributed by atoms with E-state index < -0.39 is 11.7 Å². The first-order valence-electron chi connectivity index (χ1n) is 6.78. The highest BCUT2D eigenvalue weighted by Crippen LogP contribution is 2.35. The molecule has 0 aliphatic rings. The van der Waals surface area contributed by atoms with Gasteiger partial charge >= 0.3 is 6.18 Å². The van der Waals surface area contributed by atoms with Gasteiger partial charge in [-0.05, 0) is 31.0 Å². The molecule has 1 nitrogen and oxygen atoms in total. The van der Waals surface area contributed by atoms with Crippen LogP contribution in [-0.2, 0) is 11.6 Å². The second-order valence-corrected chi connectivity index (χ2v) is 4.85. The van der Waals surface area contributed by atoms with Crippen molar-refractivity contribution in [3.63, 3.8) is 0 Å². The average Bonchev–Trinajstić information content (AvgIpc) is 2.40. The van der Waals surface area contributed by atoms with Gasteiger partial charge in [0, 0.05) is 12.0 Å². The first kappa shape index (κ1) is 16.0. The van der Waals surface area contributed by atoms with Crippen molar-refractivity contribution >= 4 is 0 Å². The summed E-state index contributed by atoms with van der Waals surface area (Å²) in [7, 11) is 0. The van der Waals surface area contributed by atoms with E-state index in [-0.39, 0.29) is 5.41 Å². The molecule has 0 atom stereocenters. The van der Waals surface area contributed by atoms with E-state index in [0.29, 0.717) is 6.54 Å². The predicted molar refractivity (Wildman–Crippen MR) is 72.2 cm³/mol. The monoisotopic (exact) mass is 273 g/mol. The largest absolute Gasteiger partial charge is 0.416 e. The van der Waals surface area contributed by atoms with E-state index in [4.69, 9.17) is 0 Å². The number of alkyl halides is 3. The average molecular weight is 273 g/mol. The molecule has 0 aromatic heterocycles. The Balaban J connectivity index is 3.16. The van der Waals surface area contributed by atoms with Crippen LogP contribution in [0.1, 0.15) is 44.7 Å². The lowest BCUT2D eigenvalue weighted by Gasteiger charge is -2.33. The smallest absolute Gasteiger partial charge is 0.316 e. The highest BCUT2D eigenvalue weighted by atomic mass is 19.4. The molecule has 19 heavy (non-hydrogen) atoms. The molecule has 1 aromatic rings. The summed E-state index contributed by atoms with van der Waals surface area (Å²) < 4.78 is 38.4. The van der Waals surface area contributed by atoms with E-state index >= 15 is 0 Å². The normalized spacial score (nSPS) is 12.7. The first-order chi connectivity index (χ1) is 8.89. The lowest BCUT2D eigenvalue weighted by atomic mass is 9.75. The van der Waals surface area contributed by atoms with Gasteiger partial charge in [0.1, 0.15) is 0 Å². The fourth-order valence-corrected chi connectivity index (χ4v) is 2.40. The maximum absolute atomic E-state index is 12.8. The quantitative estimate of drug-likeness (QED) is 0.811. The molecular formula is C15H22F3N. The van der Waals surface area contributed by atoms with E-state index in [1.54, 1.807) is 6.07 Å². The van der Waals surface area contributed by atoms with Gasteiger partial charge in [-0.3, -0.25) is 0 Å². The Morgan fingerprint density at radius 1 is 1.00 bits per heavy atom. The van der Waals surface area contributed by atoms with E-state index in [1.165, 1.54) is 12.1 Å². The SMILES string of the molecule is CCNCC(CC)(CC)c1cccc(C(F)(F)F)c1. The van der Waals surface area contributed by atoms with Gasteiger partial charge in [0.05, 0.1) is 5.56 Å². The van der Waals surface area contributed by atoms with E-state index in [9.17, 15) is 13.2 Å². The molecule has 0 amide bonds. The summed E-state index contributed by atoms with van der Waals surface area (Å²) in [6.45, 7) is 7.59. The molecular weight excluding hydrogens is 251 g/mol. The Bertz CT molecular complexity index is 395. The van der Waals surface area contributed by atoms with Crippen molar-refractivity contribution in [2.45, 2.75) is 45.2 Å². The number of halogens is 3. The molecule has 1 N–H and O–H groups in total. The van der Waals surface area contributed by atoms with Gasteiger partial charge in [-0.1, -0.05) is 39.0 Å². The molecule has 0 aliphatic carbocycles. The van der Waals surface area contributed by atoms with Crippen LogP contribution in [0.25, 0.3) is 0 Å². The molecule has 0 saturated carbocycles. The maximum Gasteiger partial charge on any atom is 0.416 e. The molecule has 0 spiro atoms. The predicted octanol–water partition coefficient (Wildman–Crippen LogP) is 4.37. The Hall–Kier alpha value is -1.03. The van der Waals surface area contributed by atoms with Gasteiger partial charge in [-0.25, -0.2) is 0 Å². The lowest BCUT2D eigenvalue weighted by molar-refractivity contribution is -0.137. The summed E-state index contributed by atoms with van der Waals surface area (Å²) in [5, 5.41) is 3.27. The van der Waals surface area contributed by atoms with Crippen LogP contribution in [0.2, 0.25) is 0 Å². The van der Waals surface area contributed by atoms with Gasteiger partial charge in [-0.15, -0.1) is 0 Å². The fourth-order valence-electron chi connectivity index (χ4n) is 2.40. The minimum atomic E-state index is -4.28.